The zero-order chi connectivity index (χ0) is 14.4. The molecule has 1 rings (SSSR count). The maximum atomic E-state index is 12.3. The molecule has 0 aliphatic carbocycles. The molecule has 1 heterocycles. The molecular weight excluding hydrogens is 305 g/mol. The van der Waals surface area contributed by atoms with Crippen LogP contribution in [0, 0.1) is 0 Å². The number of ether oxygens (including phenoxy) is 1. The Hall–Kier alpha value is -0.130. The average molecular weight is 324 g/mol. The predicted molar refractivity (Wildman–Crippen MR) is 81.9 cm³/mol. The van der Waals surface area contributed by atoms with E-state index in [4.69, 9.17) is 27.9 Å². The molecule has 1 unspecified atom stereocenters. The zero-order valence-electron chi connectivity index (χ0n) is 11.4. The molecule has 0 N–H and O–H groups in total. The van der Waals surface area contributed by atoms with Crippen molar-refractivity contribution in [3.63, 3.8) is 0 Å². The van der Waals surface area contributed by atoms with Gasteiger partial charge in [-0.15, -0.1) is 11.3 Å². The number of carbonyl (C=O) groups is 1. The lowest BCUT2D eigenvalue weighted by Gasteiger charge is -2.27. The molecule has 0 bridgehead atoms. The van der Waals surface area contributed by atoms with Crippen molar-refractivity contribution in [2.75, 3.05) is 26.8 Å². The van der Waals surface area contributed by atoms with Gasteiger partial charge in [0.05, 0.1) is 23.1 Å². The highest BCUT2D eigenvalue weighted by molar-refractivity contribution is 7.20. The predicted octanol–water partition coefficient (Wildman–Crippen LogP) is 3.98. The maximum absolute atomic E-state index is 12.3. The number of ketones is 1. The number of nitrogens with zero attached hydrogens (tertiary/aromatic N) is 1. The van der Waals surface area contributed by atoms with E-state index in [9.17, 15) is 4.79 Å². The third-order valence-electron chi connectivity index (χ3n) is 3.10. The second-order valence-corrected chi connectivity index (χ2v) is 6.67. The van der Waals surface area contributed by atoms with Crippen LogP contribution in [0.3, 0.4) is 0 Å². The monoisotopic (exact) mass is 323 g/mol. The summed E-state index contributed by atoms with van der Waals surface area (Å²) in [6, 6.07) is 1.97. The van der Waals surface area contributed by atoms with Crippen LogP contribution in [0.15, 0.2) is 6.07 Å². The van der Waals surface area contributed by atoms with E-state index in [2.05, 4.69) is 18.7 Å². The summed E-state index contributed by atoms with van der Waals surface area (Å²) in [5, 5.41) is 0. The molecule has 0 saturated carbocycles. The molecule has 0 fully saturated rings. The van der Waals surface area contributed by atoms with Gasteiger partial charge in [-0.2, -0.15) is 0 Å². The smallest absolute Gasteiger partial charge is 0.179 e. The Labute approximate surface area is 128 Å². The van der Waals surface area contributed by atoms with E-state index in [1.54, 1.807) is 13.2 Å². The lowest BCUT2D eigenvalue weighted by atomic mass is 10.1. The number of thiophene rings is 1. The summed E-state index contributed by atoms with van der Waals surface area (Å²) < 4.78 is 6.09. The molecule has 6 heteroatoms. The molecule has 0 aliphatic rings. The summed E-state index contributed by atoms with van der Waals surface area (Å²) in [4.78, 5) is 14.4. The number of halogens is 2. The van der Waals surface area contributed by atoms with Crippen molar-refractivity contribution in [1.82, 2.24) is 4.90 Å². The van der Waals surface area contributed by atoms with Gasteiger partial charge < -0.3 is 4.74 Å². The minimum atomic E-state index is 0.00422. The molecule has 19 heavy (non-hydrogen) atoms. The van der Waals surface area contributed by atoms with Crippen LogP contribution in [0.2, 0.25) is 8.67 Å². The highest BCUT2D eigenvalue weighted by Gasteiger charge is 2.20. The van der Waals surface area contributed by atoms with Crippen LogP contribution < -0.4 is 0 Å². The first-order valence-electron chi connectivity index (χ1n) is 6.20. The Kier molecular flexibility index (Phi) is 7.32. The first kappa shape index (κ1) is 16.9. The number of hydrogen-bond donors (Lipinski definition) is 0. The normalized spacial score (nSPS) is 12.9. The fourth-order valence-corrected chi connectivity index (χ4v) is 3.22. The van der Waals surface area contributed by atoms with E-state index >= 15 is 0 Å². The Bertz CT molecular complexity index is 423. The molecule has 108 valence electrons. The van der Waals surface area contributed by atoms with Gasteiger partial charge >= 0.3 is 0 Å². The van der Waals surface area contributed by atoms with Crippen molar-refractivity contribution < 1.29 is 9.53 Å². The Morgan fingerprint density at radius 1 is 1.53 bits per heavy atom. The first-order valence-corrected chi connectivity index (χ1v) is 7.77. The minimum Gasteiger partial charge on any atom is -0.383 e. The van der Waals surface area contributed by atoms with Gasteiger partial charge in [0, 0.05) is 19.7 Å². The molecule has 0 amide bonds. The number of hydrogen-bond acceptors (Lipinski definition) is 4. The summed E-state index contributed by atoms with van der Waals surface area (Å²) in [6.07, 6.45) is 0.981. The standard InChI is InChI=1S/C13H19Cl2NO2S/c1-4-9(2)16(5-6-18-3)8-11(17)10-7-12(14)19-13(10)15/h7,9H,4-6,8H2,1-3H3. The number of rotatable bonds is 8. The van der Waals surface area contributed by atoms with Crippen molar-refractivity contribution in [1.29, 1.82) is 0 Å². The van der Waals surface area contributed by atoms with Gasteiger partial charge in [-0.3, -0.25) is 9.69 Å². The van der Waals surface area contributed by atoms with Crippen molar-refractivity contribution >= 4 is 40.3 Å². The Morgan fingerprint density at radius 3 is 2.68 bits per heavy atom. The van der Waals surface area contributed by atoms with Crippen LogP contribution in [0.1, 0.15) is 30.6 Å². The van der Waals surface area contributed by atoms with Gasteiger partial charge in [0.1, 0.15) is 4.34 Å². The third kappa shape index (κ3) is 5.04. The fraction of sp³-hybridized carbons (Fsp3) is 0.615. The van der Waals surface area contributed by atoms with Crippen LogP contribution in [-0.2, 0) is 4.74 Å². The Morgan fingerprint density at radius 2 is 2.21 bits per heavy atom. The third-order valence-corrected chi connectivity index (χ3v) is 4.59. The van der Waals surface area contributed by atoms with Gasteiger partial charge in [-0.25, -0.2) is 0 Å². The van der Waals surface area contributed by atoms with Crippen molar-refractivity contribution in [2.24, 2.45) is 0 Å². The average Bonchev–Trinajstić information content (AvgIpc) is 2.72. The van der Waals surface area contributed by atoms with Crippen LogP contribution >= 0.6 is 34.5 Å². The van der Waals surface area contributed by atoms with Crippen LogP contribution in [0.5, 0.6) is 0 Å². The molecule has 1 aromatic rings. The second-order valence-electron chi connectivity index (χ2n) is 4.38. The molecule has 3 nitrogen and oxygen atoms in total. The fourth-order valence-electron chi connectivity index (χ4n) is 1.72. The van der Waals surface area contributed by atoms with Crippen LogP contribution in [0.25, 0.3) is 0 Å². The molecule has 0 aromatic carbocycles. The zero-order valence-corrected chi connectivity index (χ0v) is 13.7. The lowest BCUT2D eigenvalue weighted by Crippen LogP contribution is -2.39. The van der Waals surface area contributed by atoms with E-state index in [0.29, 0.717) is 33.4 Å². The molecule has 0 aliphatic heterocycles. The SMILES string of the molecule is CCC(C)N(CCOC)CC(=O)c1cc(Cl)sc1Cl. The van der Waals surface area contributed by atoms with Gasteiger partial charge in [0.15, 0.2) is 5.78 Å². The van der Waals surface area contributed by atoms with Gasteiger partial charge in [-0.1, -0.05) is 30.1 Å². The van der Waals surface area contributed by atoms with E-state index in [0.717, 1.165) is 13.0 Å². The largest absolute Gasteiger partial charge is 0.383 e. The van der Waals surface area contributed by atoms with Crippen molar-refractivity contribution in [2.45, 2.75) is 26.3 Å². The maximum Gasteiger partial charge on any atom is 0.179 e. The van der Waals surface area contributed by atoms with E-state index < -0.39 is 0 Å². The quantitative estimate of drug-likeness (QED) is 0.677. The van der Waals surface area contributed by atoms with Crippen LogP contribution in [0.4, 0.5) is 0 Å². The first-order chi connectivity index (χ1) is 8.99. The second kappa shape index (κ2) is 8.22. The number of methoxy groups -OCH3 is 1. The van der Waals surface area contributed by atoms with E-state index in [1.807, 2.05) is 0 Å². The summed E-state index contributed by atoms with van der Waals surface area (Å²) in [7, 11) is 1.66. The van der Waals surface area contributed by atoms with Gasteiger partial charge in [0.2, 0.25) is 0 Å². The van der Waals surface area contributed by atoms with Crippen molar-refractivity contribution in [3.05, 3.63) is 20.3 Å². The van der Waals surface area contributed by atoms with Gasteiger partial charge in [0.25, 0.3) is 0 Å². The molecular formula is C13H19Cl2NO2S. The topological polar surface area (TPSA) is 29.5 Å². The van der Waals surface area contributed by atoms with Gasteiger partial charge in [-0.05, 0) is 19.4 Å². The molecule has 1 aromatic heterocycles. The highest BCUT2D eigenvalue weighted by Crippen LogP contribution is 2.31. The molecule has 0 spiro atoms. The van der Waals surface area contributed by atoms with E-state index in [1.165, 1.54) is 11.3 Å². The Balaban J connectivity index is 2.72. The summed E-state index contributed by atoms with van der Waals surface area (Å²) in [5.74, 6) is 0.00422. The summed E-state index contributed by atoms with van der Waals surface area (Å²) in [6.45, 7) is 5.88. The summed E-state index contributed by atoms with van der Waals surface area (Å²) >= 11 is 13.1. The number of Topliss-reactive ketones (excluding diaryl/α,β-unsaturated/α-hetero) is 1. The lowest BCUT2D eigenvalue weighted by molar-refractivity contribution is 0.0835. The molecule has 0 radical (unpaired) electrons. The van der Waals surface area contributed by atoms with E-state index in [-0.39, 0.29) is 5.78 Å². The minimum absolute atomic E-state index is 0.00422. The molecule has 0 saturated heterocycles. The molecule has 1 atom stereocenters. The van der Waals surface area contributed by atoms with Crippen LogP contribution in [-0.4, -0.2) is 43.5 Å². The number of carbonyl (C=O) groups excluding carboxylic acids is 1. The van der Waals surface area contributed by atoms with Crippen molar-refractivity contribution in [3.8, 4) is 0 Å². The highest BCUT2D eigenvalue weighted by atomic mass is 35.5. The summed E-state index contributed by atoms with van der Waals surface area (Å²) in [5.41, 5.74) is 0.516.